The van der Waals surface area contributed by atoms with E-state index in [1.807, 2.05) is 6.07 Å². The first-order chi connectivity index (χ1) is 9.06. The third kappa shape index (κ3) is 3.13. The Morgan fingerprint density at radius 2 is 2.21 bits per heavy atom. The molecule has 0 saturated heterocycles. The molecule has 1 aliphatic rings. The summed E-state index contributed by atoms with van der Waals surface area (Å²) in [6.45, 7) is -0.00851. The van der Waals surface area contributed by atoms with Crippen LogP contribution in [0.15, 0.2) is 29.2 Å². The van der Waals surface area contributed by atoms with Crippen LogP contribution < -0.4 is 4.72 Å². The van der Waals surface area contributed by atoms with Gasteiger partial charge in [-0.1, -0.05) is 12.5 Å². The van der Waals surface area contributed by atoms with Gasteiger partial charge in [0.25, 0.3) is 0 Å². The van der Waals surface area contributed by atoms with E-state index in [1.165, 1.54) is 12.1 Å². The maximum absolute atomic E-state index is 12.2. The number of rotatable bonds is 4. The Hall–Kier alpha value is -1.42. The molecule has 6 heteroatoms. The summed E-state index contributed by atoms with van der Waals surface area (Å²) in [6.07, 6.45) is 2.49. The van der Waals surface area contributed by atoms with Crippen molar-refractivity contribution >= 4 is 10.0 Å². The highest BCUT2D eigenvalue weighted by atomic mass is 32.2. The Bertz CT molecular complexity index is 592. The third-order valence-electron chi connectivity index (χ3n) is 3.47. The van der Waals surface area contributed by atoms with Crippen molar-refractivity contribution in [1.82, 2.24) is 4.72 Å². The number of nitrogens with zero attached hydrogens (tertiary/aromatic N) is 1. The molecule has 0 amide bonds. The summed E-state index contributed by atoms with van der Waals surface area (Å²) in [5.41, 5.74) is 0.313. The second-order valence-electron chi connectivity index (χ2n) is 4.74. The van der Waals surface area contributed by atoms with Gasteiger partial charge in [0.05, 0.1) is 16.5 Å². The molecule has 19 heavy (non-hydrogen) atoms. The Kier molecular flexibility index (Phi) is 4.20. The molecule has 2 atom stereocenters. The summed E-state index contributed by atoms with van der Waals surface area (Å²) >= 11 is 0. The minimum atomic E-state index is -3.63. The van der Waals surface area contributed by atoms with E-state index < -0.39 is 10.0 Å². The lowest BCUT2D eigenvalue weighted by Gasteiger charge is -2.19. The van der Waals surface area contributed by atoms with E-state index in [4.69, 9.17) is 5.26 Å². The van der Waals surface area contributed by atoms with Crippen LogP contribution in [0.25, 0.3) is 0 Å². The molecule has 1 aromatic rings. The van der Waals surface area contributed by atoms with E-state index >= 15 is 0 Å². The van der Waals surface area contributed by atoms with Gasteiger partial charge in [-0.05, 0) is 37.0 Å². The normalized spacial score (nSPS) is 23.2. The first-order valence-corrected chi connectivity index (χ1v) is 7.68. The fourth-order valence-corrected chi connectivity index (χ4v) is 3.80. The number of nitrogens with one attached hydrogen (secondary N) is 1. The van der Waals surface area contributed by atoms with Crippen LogP contribution in [0.5, 0.6) is 0 Å². The molecule has 0 heterocycles. The van der Waals surface area contributed by atoms with Crippen LogP contribution in [-0.4, -0.2) is 26.2 Å². The Morgan fingerprint density at radius 3 is 2.89 bits per heavy atom. The largest absolute Gasteiger partial charge is 0.396 e. The van der Waals surface area contributed by atoms with Gasteiger partial charge in [-0.2, -0.15) is 5.26 Å². The van der Waals surface area contributed by atoms with Crippen LogP contribution in [-0.2, 0) is 10.0 Å². The maximum Gasteiger partial charge on any atom is 0.240 e. The highest BCUT2D eigenvalue weighted by Gasteiger charge is 2.30. The van der Waals surface area contributed by atoms with E-state index in [9.17, 15) is 13.5 Å². The van der Waals surface area contributed by atoms with Crippen molar-refractivity contribution in [2.45, 2.75) is 30.2 Å². The molecule has 5 nitrogen and oxygen atoms in total. The van der Waals surface area contributed by atoms with Crippen molar-refractivity contribution in [3.05, 3.63) is 29.8 Å². The average Bonchev–Trinajstić information content (AvgIpc) is 2.85. The summed E-state index contributed by atoms with van der Waals surface area (Å²) in [5, 5.41) is 18.0. The topological polar surface area (TPSA) is 90.2 Å². The minimum Gasteiger partial charge on any atom is -0.396 e. The second kappa shape index (κ2) is 5.70. The van der Waals surface area contributed by atoms with Gasteiger partial charge >= 0.3 is 0 Å². The number of nitriles is 1. The van der Waals surface area contributed by atoms with Gasteiger partial charge < -0.3 is 5.11 Å². The second-order valence-corrected chi connectivity index (χ2v) is 6.45. The number of sulfonamides is 1. The lowest BCUT2D eigenvalue weighted by Crippen LogP contribution is -2.38. The Morgan fingerprint density at radius 1 is 1.42 bits per heavy atom. The molecule has 0 spiro atoms. The molecule has 2 N–H and O–H groups in total. The first kappa shape index (κ1) is 14.0. The molecule has 1 aliphatic carbocycles. The fourth-order valence-electron chi connectivity index (χ4n) is 2.41. The zero-order valence-corrected chi connectivity index (χ0v) is 11.2. The first-order valence-electron chi connectivity index (χ1n) is 6.20. The molecule has 0 aromatic heterocycles. The van der Waals surface area contributed by atoms with E-state index in [0.717, 1.165) is 19.3 Å². The molecular weight excluding hydrogens is 264 g/mol. The highest BCUT2D eigenvalue weighted by Crippen LogP contribution is 2.26. The van der Waals surface area contributed by atoms with Crippen LogP contribution in [0.4, 0.5) is 0 Å². The highest BCUT2D eigenvalue weighted by molar-refractivity contribution is 7.89. The van der Waals surface area contributed by atoms with Crippen LogP contribution >= 0.6 is 0 Å². The van der Waals surface area contributed by atoms with Crippen molar-refractivity contribution in [3.63, 3.8) is 0 Å². The average molecular weight is 280 g/mol. The monoisotopic (exact) mass is 280 g/mol. The van der Waals surface area contributed by atoms with Gasteiger partial charge in [-0.3, -0.25) is 0 Å². The molecule has 2 unspecified atom stereocenters. The summed E-state index contributed by atoms with van der Waals surface area (Å²) in [4.78, 5) is 0.0927. The lowest BCUT2D eigenvalue weighted by molar-refractivity contribution is 0.213. The van der Waals surface area contributed by atoms with Crippen LogP contribution in [0, 0.1) is 17.2 Å². The molecule has 102 valence electrons. The van der Waals surface area contributed by atoms with Gasteiger partial charge in [-0.25, -0.2) is 13.1 Å². The molecular formula is C13H16N2O3S. The maximum atomic E-state index is 12.2. The quantitative estimate of drug-likeness (QED) is 0.860. The summed E-state index contributed by atoms with van der Waals surface area (Å²) in [7, 11) is -3.63. The van der Waals surface area contributed by atoms with Crippen molar-refractivity contribution in [2.24, 2.45) is 5.92 Å². The number of hydrogen-bond acceptors (Lipinski definition) is 4. The molecule has 1 saturated carbocycles. The van der Waals surface area contributed by atoms with Crippen LogP contribution in [0.2, 0.25) is 0 Å². The van der Waals surface area contributed by atoms with E-state index in [-0.39, 0.29) is 23.5 Å². The van der Waals surface area contributed by atoms with Crippen molar-refractivity contribution < 1.29 is 13.5 Å². The zero-order chi connectivity index (χ0) is 13.9. The van der Waals surface area contributed by atoms with Gasteiger partial charge in [0.2, 0.25) is 10.0 Å². The van der Waals surface area contributed by atoms with E-state index in [1.54, 1.807) is 12.1 Å². The predicted molar refractivity (Wildman–Crippen MR) is 69.7 cm³/mol. The zero-order valence-electron chi connectivity index (χ0n) is 10.4. The number of hydrogen-bond donors (Lipinski definition) is 2. The summed E-state index contributed by atoms with van der Waals surface area (Å²) in [6, 6.07) is 7.62. The van der Waals surface area contributed by atoms with Gasteiger partial charge in [-0.15, -0.1) is 0 Å². The number of aliphatic hydroxyl groups excluding tert-OH is 1. The molecule has 1 aromatic carbocycles. The Labute approximate surface area is 112 Å². The number of benzene rings is 1. The SMILES string of the molecule is N#Cc1cccc(S(=O)(=O)NC2CCCC2CO)c1. The standard InChI is InChI=1S/C13H16N2O3S/c14-8-10-3-1-5-12(7-10)19(17,18)15-13-6-2-4-11(13)9-16/h1,3,5,7,11,13,15-16H,2,4,6,9H2. The van der Waals surface area contributed by atoms with Crippen LogP contribution in [0.1, 0.15) is 24.8 Å². The van der Waals surface area contributed by atoms with Gasteiger partial charge in [0.1, 0.15) is 0 Å². The molecule has 2 rings (SSSR count). The number of aliphatic hydroxyl groups is 1. The fraction of sp³-hybridized carbons (Fsp3) is 0.462. The smallest absolute Gasteiger partial charge is 0.240 e. The molecule has 0 radical (unpaired) electrons. The van der Waals surface area contributed by atoms with E-state index in [2.05, 4.69) is 4.72 Å². The van der Waals surface area contributed by atoms with E-state index in [0.29, 0.717) is 5.56 Å². The van der Waals surface area contributed by atoms with Crippen molar-refractivity contribution in [2.75, 3.05) is 6.61 Å². The third-order valence-corrected chi connectivity index (χ3v) is 4.96. The van der Waals surface area contributed by atoms with Gasteiger partial charge in [0.15, 0.2) is 0 Å². The van der Waals surface area contributed by atoms with Crippen LogP contribution in [0.3, 0.4) is 0 Å². The molecule has 0 bridgehead atoms. The van der Waals surface area contributed by atoms with Crippen molar-refractivity contribution in [3.8, 4) is 6.07 Å². The predicted octanol–water partition coefficient (Wildman–Crippen LogP) is 0.998. The Balaban J connectivity index is 2.20. The molecule has 0 aliphatic heterocycles. The van der Waals surface area contributed by atoms with Crippen molar-refractivity contribution in [1.29, 1.82) is 5.26 Å². The molecule has 1 fully saturated rings. The minimum absolute atomic E-state index is 0.00851. The summed E-state index contributed by atoms with van der Waals surface area (Å²) in [5.74, 6) is -0.0195. The van der Waals surface area contributed by atoms with Gasteiger partial charge in [0, 0.05) is 12.6 Å². The summed E-state index contributed by atoms with van der Waals surface area (Å²) < 4.78 is 27.1. The lowest BCUT2D eigenvalue weighted by atomic mass is 10.1.